The van der Waals surface area contributed by atoms with E-state index in [4.69, 9.17) is 10.5 Å². The van der Waals surface area contributed by atoms with Gasteiger partial charge < -0.3 is 10.5 Å². The first-order valence-electron chi connectivity index (χ1n) is 9.12. The number of nitrogen functional groups attached to an aromatic ring is 1. The second-order valence-corrected chi connectivity index (χ2v) is 7.08. The molecule has 2 aromatic heterocycles. The number of pyridine rings is 2. The maximum absolute atomic E-state index is 6.07. The van der Waals surface area contributed by atoms with E-state index in [1.807, 2.05) is 24.5 Å². The van der Waals surface area contributed by atoms with Crippen LogP contribution in [0.15, 0.2) is 48.8 Å². The molecule has 4 nitrogen and oxygen atoms in total. The fraction of sp³-hybridized carbons (Fsp3) is 0.217. The Morgan fingerprint density at radius 3 is 2.52 bits per heavy atom. The topological polar surface area (TPSA) is 61.0 Å². The van der Waals surface area contributed by atoms with E-state index in [0.29, 0.717) is 5.69 Å². The van der Waals surface area contributed by atoms with Crippen LogP contribution in [0.5, 0.6) is 5.75 Å². The Labute approximate surface area is 159 Å². The molecule has 0 saturated carbocycles. The zero-order chi connectivity index (χ0) is 19.0. The third kappa shape index (κ3) is 3.31. The van der Waals surface area contributed by atoms with Crippen LogP contribution >= 0.6 is 0 Å². The summed E-state index contributed by atoms with van der Waals surface area (Å²) in [6.45, 7) is 4.18. The minimum atomic E-state index is 0.683. The summed E-state index contributed by atoms with van der Waals surface area (Å²) < 4.78 is 5.30. The number of anilines is 1. The molecule has 4 aromatic rings. The summed E-state index contributed by atoms with van der Waals surface area (Å²) in [5.41, 5.74) is 13.6. The number of nitrogens with zero attached hydrogens (tertiary/aromatic N) is 2. The van der Waals surface area contributed by atoms with E-state index in [1.165, 1.54) is 22.3 Å². The third-order valence-electron chi connectivity index (χ3n) is 5.12. The Morgan fingerprint density at radius 1 is 0.889 bits per heavy atom. The standard InChI is InChI=1S/C23H23N3O/c1-14-4-7-18-19-10-16(12-25-22(19)13-26-21(18)8-14)5-6-17-11-20(24)23(27-3)9-15(17)2/h4,7-13H,5-6,24H2,1-3H3. The van der Waals surface area contributed by atoms with Gasteiger partial charge in [-0.05, 0) is 73.2 Å². The van der Waals surface area contributed by atoms with Gasteiger partial charge in [-0.15, -0.1) is 0 Å². The van der Waals surface area contributed by atoms with E-state index in [0.717, 1.165) is 40.4 Å². The Kier molecular flexibility index (Phi) is 4.40. The van der Waals surface area contributed by atoms with Crippen molar-refractivity contribution in [2.75, 3.05) is 12.8 Å². The SMILES string of the molecule is COc1cc(C)c(CCc2cnc3cnc4cc(C)ccc4c3c2)cc1N. The van der Waals surface area contributed by atoms with Gasteiger partial charge >= 0.3 is 0 Å². The molecule has 0 spiro atoms. The van der Waals surface area contributed by atoms with Crippen LogP contribution in [0.3, 0.4) is 0 Å². The van der Waals surface area contributed by atoms with Gasteiger partial charge in [-0.2, -0.15) is 0 Å². The minimum absolute atomic E-state index is 0.683. The molecule has 0 atom stereocenters. The predicted octanol–water partition coefficient (Wildman–Crippen LogP) is 4.78. The van der Waals surface area contributed by atoms with Gasteiger partial charge in [0.25, 0.3) is 0 Å². The monoisotopic (exact) mass is 357 g/mol. The molecule has 136 valence electrons. The van der Waals surface area contributed by atoms with Crippen molar-refractivity contribution in [3.63, 3.8) is 0 Å². The average Bonchev–Trinajstić information content (AvgIpc) is 2.67. The first-order chi connectivity index (χ1) is 13.0. The molecule has 0 bridgehead atoms. The lowest BCUT2D eigenvalue weighted by molar-refractivity contribution is 0.416. The normalized spacial score (nSPS) is 11.2. The zero-order valence-electron chi connectivity index (χ0n) is 15.9. The van der Waals surface area contributed by atoms with Crippen LogP contribution in [0, 0.1) is 13.8 Å². The van der Waals surface area contributed by atoms with E-state index in [9.17, 15) is 0 Å². The van der Waals surface area contributed by atoms with Crippen molar-refractivity contribution in [3.8, 4) is 5.75 Å². The molecule has 0 aliphatic heterocycles. The van der Waals surface area contributed by atoms with E-state index >= 15 is 0 Å². The highest BCUT2D eigenvalue weighted by Crippen LogP contribution is 2.27. The number of rotatable bonds is 4. The zero-order valence-corrected chi connectivity index (χ0v) is 15.9. The summed E-state index contributed by atoms with van der Waals surface area (Å²) in [4.78, 5) is 9.17. The Morgan fingerprint density at radius 2 is 1.70 bits per heavy atom. The van der Waals surface area contributed by atoms with Crippen molar-refractivity contribution < 1.29 is 4.74 Å². The van der Waals surface area contributed by atoms with Gasteiger partial charge in [-0.3, -0.25) is 9.97 Å². The quantitative estimate of drug-likeness (QED) is 0.422. The van der Waals surface area contributed by atoms with Crippen LogP contribution < -0.4 is 10.5 Å². The predicted molar refractivity (Wildman–Crippen MR) is 111 cm³/mol. The first-order valence-corrected chi connectivity index (χ1v) is 9.12. The molecule has 4 heteroatoms. The molecule has 0 unspecified atom stereocenters. The first kappa shape index (κ1) is 17.3. The molecule has 2 heterocycles. The molecule has 2 N–H and O–H groups in total. The fourth-order valence-corrected chi connectivity index (χ4v) is 3.55. The number of aromatic nitrogens is 2. The molecule has 0 saturated heterocycles. The number of benzene rings is 2. The number of methoxy groups -OCH3 is 1. The lowest BCUT2D eigenvalue weighted by Gasteiger charge is -2.11. The number of ether oxygens (including phenoxy) is 1. The van der Waals surface area contributed by atoms with Crippen molar-refractivity contribution in [1.29, 1.82) is 0 Å². The molecule has 0 aliphatic rings. The van der Waals surface area contributed by atoms with Gasteiger partial charge in [0.1, 0.15) is 5.75 Å². The molecule has 0 aliphatic carbocycles. The summed E-state index contributed by atoms with van der Waals surface area (Å²) in [6.07, 6.45) is 5.63. The van der Waals surface area contributed by atoms with E-state index in [1.54, 1.807) is 7.11 Å². The molecule has 0 amide bonds. The number of hydrogen-bond donors (Lipinski definition) is 1. The van der Waals surface area contributed by atoms with Crippen molar-refractivity contribution in [3.05, 3.63) is 71.0 Å². The molecular weight excluding hydrogens is 334 g/mol. The second kappa shape index (κ2) is 6.88. The maximum Gasteiger partial charge on any atom is 0.142 e. The molecule has 27 heavy (non-hydrogen) atoms. The van der Waals surface area contributed by atoms with Crippen LogP contribution in [0.4, 0.5) is 5.69 Å². The summed E-state index contributed by atoms with van der Waals surface area (Å²) >= 11 is 0. The van der Waals surface area contributed by atoms with Crippen molar-refractivity contribution in [2.24, 2.45) is 0 Å². The maximum atomic E-state index is 6.07. The van der Waals surface area contributed by atoms with Crippen LogP contribution in [0.1, 0.15) is 22.3 Å². The summed E-state index contributed by atoms with van der Waals surface area (Å²) in [5, 5.41) is 2.31. The van der Waals surface area contributed by atoms with Gasteiger partial charge in [0.05, 0.1) is 30.0 Å². The van der Waals surface area contributed by atoms with Gasteiger partial charge in [0.2, 0.25) is 0 Å². The number of hydrogen-bond acceptors (Lipinski definition) is 4. The van der Waals surface area contributed by atoms with Crippen molar-refractivity contribution in [1.82, 2.24) is 9.97 Å². The third-order valence-corrected chi connectivity index (χ3v) is 5.12. The molecule has 0 radical (unpaired) electrons. The van der Waals surface area contributed by atoms with Gasteiger partial charge in [-0.25, -0.2) is 0 Å². The number of nitrogens with two attached hydrogens (primary N) is 1. The van der Waals surface area contributed by atoms with Gasteiger partial charge in [0.15, 0.2) is 0 Å². The van der Waals surface area contributed by atoms with Crippen LogP contribution in [0.25, 0.3) is 21.8 Å². The molecule has 2 aromatic carbocycles. The molecule has 4 rings (SSSR count). The second-order valence-electron chi connectivity index (χ2n) is 7.08. The number of aryl methyl sites for hydroxylation is 4. The number of fused-ring (bicyclic) bond motifs is 3. The highest BCUT2D eigenvalue weighted by molar-refractivity contribution is 6.04. The minimum Gasteiger partial charge on any atom is -0.495 e. The Balaban J connectivity index is 1.66. The van der Waals surface area contributed by atoms with Crippen LogP contribution in [0.2, 0.25) is 0 Å². The highest BCUT2D eigenvalue weighted by Gasteiger charge is 2.08. The smallest absolute Gasteiger partial charge is 0.142 e. The van der Waals surface area contributed by atoms with E-state index in [-0.39, 0.29) is 0 Å². The Hall–Kier alpha value is -3.14. The van der Waals surface area contributed by atoms with Crippen LogP contribution in [-0.2, 0) is 12.8 Å². The van der Waals surface area contributed by atoms with E-state index in [2.05, 4.69) is 48.1 Å². The summed E-state index contributed by atoms with van der Waals surface area (Å²) in [6, 6.07) is 12.6. The average molecular weight is 357 g/mol. The molecular formula is C23H23N3O. The summed E-state index contributed by atoms with van der Waals surface area (Å²) in [5.74, 6) is 0.734. The fourth-order valence-electron chi connectivity index (χ4n) is 3.55. The lowest BCUT2D eigenvalue weighted by atomic mass is 9.99. The highest BCUT2D eigenvalue weighted by atomic mass is 16.5. The largest absolute Gasteiger partial charge is 0.495 e. The summed E-state index contributed by atoms with van der Waals surface area (Å²) in [7, 11) is 1.65. The van der Waals surface area contributed by atoms with Crippen LogP contribution in [-0.4, -0.2) is 17.1 Å². The van der Waals surface area contributed by atoms with Crippen molar-refractivity contribution >= 4 is 27.5 Å². The Bertz CT molecular complexity index is 1150. The molecule has 0 fully saturated rings. The lowest BCUT2D eigenvalue weighted by Crippen LogP contribution is -2.00. The van der Waals surface area contributed by atoms with E-state index < -0.39 is 0 Å². The van der Waals surface area contributed by atoms with Crippen molar-refractivity contribution in [2.45, 2.75) is 26.7 Å². The van der Waals surface area contributed by atoms with Gasteiger partial charge in [0, 0.05) is 17.0 Å². The van der Waals surface area contributed by atoms with Gasteiger partial charge in [-0.1, -0.05) is 12.1 Å².